The number of pyridine rings is 1. The molecule has 1 aromatic heterocycles. The number of rotatable bonds is 8. The molecule has 9 nitrogen and oxygen atoms in total. The first-order valence-corrected chi connectivity index (χ1v) is 9.20. The van der Waals surface area contributed by atoms with Crippen molar-refractivity contribution < 1.29 is 19.5 Å². The molecule has 148 valence electrons. The van der Waals surface area contributed by atoms with Crippen molar-refractivity contribution in [2.45, 2.75) is 51.0 Å². The number of anilines is 2. The number of nitrogens with zero attached hydrogens (tertiary/aromatic N) is 1. The molecular weight excluding hydrogens is 350 g/mol. The van der Waals surface area contributed by atoms with Crippen LogP contribution in [0.25, 0.3) is 0 Å². The number of nitrogens with two attached hydrogens (primary N) is 2. The molecule has 1 aromatic rings. The quantitative estimate of drug-likeness (QED) is 0.424. The summed E-state index contributed by atoms with van der Waals surface area (Å²) in [6.45, 7) is 0.343. The van der Waals surface area contributed by atoms with Crippen molar-refractivity contribution in [1.29, 1.82) is 0 Å². The summed E-state index contributed by atoms with van der Waals surface area (Å²) in [4.78, 5) is 38.9. The van der Waals surface area contributed by atoms with Crippen molar-refractivity contribution in [3.8, 4) is 0 Å². The Bertz CT molecular complexity index is 688. The molecule has 0 spiro atoms. The minimum atomic E-state index is -1.21. The molecule has 0 aliphatic heterocycles. The van der Waals surface area contributed by atoms with Gasteiger partial charge in [-0.15, -0.1) is 0 Å². The van der Waals surface area contributed by atoms with Gasteiger partial charge >= 0.3 is 5.97 Å². The number of hydrogen-bond donors (Lipinski definition) is 5. The maximum absolute atomic E-state index is 12.1. The molecule has 1 atom stereocenters. The number of carbonyl (C=O) groups is 3. The van der Waals surface area contributed by atoms with E-state index in [1.807, 2.05) is 0 Å². The number of aromatic nitrogens is 1. The highest BCUT2D eigenvalue weighted by molar-refractivity contribution is 6.00. The average molecular weight is 377 g/mol. The number of carboxylic acid groups (broad SMARTS) is 1. The summed E-state index contributed by atoms with van der Waals surface area (Å²) >= 11 is 0. The Balaban J connectivity index is 1.72. The predicted octanol–water partition coefficient (Wildman–Crippen LogP) is 1.10. The van der Waals surface area contributed by atoms with Gasteiger partial charge in [-0.3, -0.25) is 14.6 Å². The van der Waals surface area contributed by atoms with E-state index in [0.29, 0.717) is 13.0 Å². The van der Waals surface area contributed by atoms with Crippen LogP contribution in [0.15, 0.2) is 12.4 Å². The number of hydrogen-bond acceptors (Lipinski definition) is 6. The summed E-state index contributed by atoms with van der Waals surface area (Å²) in [6.07, 6.45) is 8.42. The number of nitrogen functional groups attached to an aromatic ring is 1. The van der Waals surface area contributed by atoms with Gasteiger partial charge in [-0.25, -0.2) is 4.79 Å². The molecule has 9 heteroatoms. The summed E-state index contributed by atoms with van der Waals surface area (Å²) in [5, 5.41) is 14.3. The molecular formula is C18H27N5O4. The number of carbonyl (C=O) groups excluding carboxylic acids is 2. The monoisotopic (exact) mass is 377 g/mol. The average Bonchev–Trinajstić information content (AvgIpc) is 2.66. The van der Waals surface area contributed by atoms with Gasteiger partial charge in [0.1, 0.15) is 5.56 Å². The summed E-state index contributed by atoms with van der Waals surface area (Å²) in [5.74, 6) is -1.49. The second kappa shape index (κ2) is 9.86. The van der Waals surface area contributed by atoms with Gasteiger partial charge in [0.2, 0.25) is 11.8 Å². The van der Waals surface area contributed by atoms with Crippen molar-refractivity contribution in [3.63, 3.8) is 0 Å². The van der Waals surface area contributed by atoms with Crippen LogP contribution in [0.1, 0.15) is 55.3 Å². The topological polar surface area (TPSA) is 160 Å². The molecule has 0 bridgehead atoms. The molecule has 1 heterocycles. The van der Waals surface area contributed by atoms with Gasteiger partial charge in [0.15, 0.2) is 0 Å². The van der Waals surface area contributed by atoms with E-state index in [-0.39, 0.29) is 41.1 Å². The number of amides is 2. The zero-order valence-electron chi connectivity index (χ0n) is 15.2. The minimum absolute atomic E-state index is 0.0439. The van der Waals surface area contributed by atoms with Crippen LogP contribution >= 0.6 is 0 Å². The minimum Gasteiger partial charge on any atom is -0.478 e. The predicted molar refractivity (Wildman–Crippen MR) is 101 cm³/mol. The lowest BCUT2D eigenvalue weighted by Crippen LogP contribution is -2.46. The summed E-state index contributed by atoms with van der Waals surface area (Å²) < 4.78 is 0. The summed E-state index contributed by atoms with van der Waals surface area (Å²) in [6, 6.07) is -0.497. The molecule has 0 saturated heterocycles. The zero-order chi connectivity index (χ0) is 19.8. The fraction of sp³-hybridized carbons (Fsp3) is 0.556. The van der Waals surface area contributed by atoms with E-state index in [1.54, 1.807) is 0 Å². The van der Waals surface area contributed by atoms with Crippen molar-refractivity contribution in [1.82, 2.24) is 10.3 Å². The van der Waals surface area contributed by atoms with Crippen LogP contribution in [-0.4, -0.2) is 40.5 Å². The van der Waals surface area contributed by atoms with E-state index in [9.17, 15) is 14.4 Å². The Morgan fingerprint density at radius 3 is 2.59 bits per heavy atom. The van der Waals surface area contributed by atoms with Gasteiger partial charge in [0.05, 0.1) is 23.6 Å². The first-order chi connectivity index (χ1) is 12.9. The van der Waals surface area contributed by atoms with E-state index in [4.69, 9.17) is 16.6 Å². The first kappa shape index (κ1) is 20.6. The molecule has 0 aromatic carbocycles. The third-order valence-electron chi connectivity index (χ3n) is 4.83. The molecule has 0 unspecified atom stereocenters. The maximum Gasteiger partial charge on any atom is 0.339 e. The zero-order valence-corrected chi connectivity index (χ0v) is 15.2. The molecule has 1 saturated carbocycles. The van der Waals surface area contributed by atoms with Crippen molar-refractivity contribution in [3.05, 3.63) is 18.0 Å². The standard InChI is InChI=1S/C18H27N5O4/c19-15(11-5-2-1-3-6-11)17(25)22-8-4-7-14(24)23-13-10-21-9-12(16(13)20)18(26)27/h9-11,15H,1-8,19H2,(H2,20,21)(H,22,25)(H,23,24)(H,26,27)/t15-/m0/s1. The van der Waals surface area contributed by atoms with E-state index >= 15 is 0 Å². The fourth-order valence-corrected chi connectivity index (χ4v) is 3.24. The molecule has 2 rings (SSSR count). The van der Waals surface area contributed by atoms with Gasteiger partial charge in [0.25, 0.3) is 0 Å². The van der Waals surface area contributed by atoms with E-state index in [0.717, 1.165) is 31.9 Å². The molecule has 1 aliphatic rings. The van der Waals surface area contributed by atoms with Crippen molar-refractivity contribution in [2.75, 3.05) is 17.6 Å². The van der Waals surface area contributed by atoms with E-state index in [1.165, 1.54) is 12.6 Å². The third kappa shape index (κ3) is 5.92. The van der Waals surface area contributed by atoms with Crippen LogP contribution in [0.4, 0.5) is 11.4 Å². The second-order valence-electron chi connectivity index (χ2n) is 6.82. The van der Waals surface area contributed by atoms with Gasteiger partial charge in [-0.05, 0) is 25.2 Å². The lowest BCUT2D eigenvalue weighted by molar-refractivity contribution is -0.124. The van der Waals surface area contributed by atoms with Gasteiger partial charge < -0.3 is 27.2 Å². The highest BCUT2D eigenvalue weighted by atomic mass is 16.4. The highest BCUT2D eigenvalue weighted by Gasteiger charge is 2.25. The Labute approximate surface area is 157 Å². The summed E-state index contributed by atoms with van der Waals surface area (Å²) in [5.41, 5.74) is 11.7. The Kier molecular flexibility index (Phi) is 7.54. The Morgan fingerprint density at radius 1 is 1.22 bits per heavy atom. The second-order valence-corrected chi connectivity index (χ2v) is 6.82. The highest BCUT2D eigenvalue weighted by Crippen LogP contribution is 2.25. The van der Waals surface area contributed by atoms with Crippen LogP contribution in [-0.2, 0) is 9.59 Å². The number of carboxylic acids is 1. The van der Waals surface area contributed by atoms with Gasteiger partial charge in [-0.2, -0.15) is 0 Å². The van der Waals surface area contributed by atoms with Gasteiger partial charge in [0, 0.05) is 19.2 Å². The molecule has 2 amide bonds. The van der Waals surface area contributed by atoms with Crippen molar-refractivity contribution in [2.24, 2.45) is 11.7 Å². The molecule has 1 aliphatic carbocycles. The third-order valence-corrected chi connectivity index (χ3v) is 4.83. The SMILES string of the molecule is Nc1c(NC(=O)CCCNC(=O)[C@@H](N)C2CCCCC2)cncc1C(=O)O. The van der Waals surface area contributed by atoms with Crippen LogP contribution in [0.2, 0.25) is 0 Å². The van der Waals surface area contributed by atoms with Gasteiger partial charge in [-0.1, -0.05) is 19.3 Å². The van der Waals surface area contributed by atoms with Crippen LogP contribution < -0.4 is 22.1 Å². The first-order valence-electron chi connectivity index (χ1n) is 9.20. The van der Waals surface area contributed by atoms with Crippen LogP contribution in [0, 0.1) is 5.92 Å². The molecule has 27 heavy (non-hydrogen) atoms. The molecule has 0 radical (unpaired) electrons. The van der Waals surface area contributed by atoms with Crippen molar-refractivity contribution >= 4 is 29.2 Å². The lowest BCUT2D eigenvalue weighted by Gasteiger charge is -2.26. The van der Waals surface area contributed by atoms with Crippen LogP contribution in [0.3, 0.4) is 0 Å². The number of nitrogens with one attached hydrogen (secondary N) is 2. The van der Waals surface area contributed by atoms with Crippen LogP contribution in [0.5, 0.6) is 0 Å². The Hall–Kier alpha value is -2.68. The normalized spacial score (nSPS) is 15.7. The fourth-order valence-electron chi connectivity index (χ4n) is 3.24. The smallest absolute Gasteiger partial charge is 0.339 e. The maximum atomic E-state index is 12.1. The molecule has 7 N–H and O–H groups in total. The lowest BCUT2D eigenvalue weighted by atomic mass is 9.84. The van der Waals surface area contributed by atoms with E-state index in [2.05, 4.69) is 15.6 Å². The summed E-state index contributed by atoms with van der Waals surface area (Å²) in [7, 11) is 0. The molecule has 1 fully saturated rings. The Morgan fingerprint density at radius 2 is 1.93 bits per heavy atom. The number of aromatic carboxylic acids is 1. The largest absolute Gasteiger partial charge is 0.478 e. The van der Waals surface area contributed by atoms with E-state index < -0.39 is 12.0 Å².